The molecule has 1 fully saturated rings. The van der Waals surface area contributed by atoms with Gasteiger partial charge in [0.2, 0.25) is 0 Å². The monoisotopic (exact) mass is 244 g/mol. The van der Waals surface area contributed by atoms with Crippen molar-refractivity contribution in [1.29, 1.82) is 0 Å². The van der Waals surface area contributed by atoms with Gasteiger partial charge in [-0.1, -0.05) is 18.9 Å². The van der Waals surface area contributed by atoms with Crippen LogP contribution in [0.2, 0.25) is 0 Å². The van der Waals surface area contributed by atoms with Crippen LogP contribution in [-0.4, -0.2) is 12.4 Å². The quantitative estimate of drug-likeness (QED) is 0.812. The van der Waals surface area contributed by atoms with Gasteiger partial charge in [0.1, 0.15) is 12.4 Å². The Kier molecular flexibility index (Phi) is 3.35. The van der Waals surface area contributed by atoms with E-state index in [1.807, 2.05) is 6.07 Å². The lowest BCUT2D eigenvalue weighted by atomic mass is 10.0. The van der Waals surface area contributed by atoms with Gasteiger partial charge in [-0.05, 0) is 55.4 Å². The number of carbonyl (C=O) groups is 1. The van der Waals surface area contributed by atoms with Gasteiger partial charge in [-0.15, -0.1) is 0 Å². The van der Waals surface area contributed by atoms with E-state index in [9.17, 15) is 4.79 Å². The Morgan fingerprint density at radius 1 is 1.11 bits per heavy atom. The number of hydrogen-bond acceptors (Lipinski definition) is 2. The molecule has 0 atom stereocenters. The minimum atomic E-state index is 0.253. The Bertz CT molecular complexity index is 444. The van der Waals surface area contributed by atoms with E-state index < -0.39 is 0 Å². The predicted molar refractivity (Wildman–Crippen MR) is 70.9 cm³/mol. The van der Waals surface area contributed by atoms with Gasteiger partial charge in [0.05, 0.1) is 0 Å². The topological polar surface area (TPSA) is 26.3 Å². The molecule has 0 amide bonds. The zero-order chi connectivity index (χ0) is 12.4. The molecule has 0 N–H and O–H groups in total. The summed E-state index contributed by atoms with van der Waals surface area (Å²) in [5, 5.41) is 0. The SMILES string of the molecule is O=C(COc1ccc2c(c1)CCC2)C1CCCC1. The number of fused-ring (bicyclic) bond motifs is 1. The third-order valence-electron chi connectivity index (χ3n) is 4.26. The lowest BCUT2D eigenvalue weighted by Crippen LogP contribution is -2.19. The fourth-order valence-corrected chi connectivity index (χ4v) is 3.16. The molecule has 96 valence electrons. The highest BCUT2D eigenvalue weighted by atomic mass is 16.5. The Balaban J connectivity index is 1.58. The third kappa shape index (κ3) is 2.43. The van der Waals surface area contributed by atoms with Gasteiger partial charge in [-0.3, -0.25) is 4.79 Å². The van der Waals surface area contributed by atoms with Crippen molar-refractivity contribution in [1.82, 2.24) is 0 Å². The van der Waals surface area contributed by atoms with Crippen molar-refractivity contribution in [2.24, 2.45) is 5.92 Å². The molecule has 0 radical (unpaired) electrons. The number of aryl methyl sites for hydroxylation is 2. The molecule has 0 spiro atoms. The van der Waals surface area contributed by atoms with Gasteiger partial charge < -0.3 is 4.74 Å². The first-order chi connectivity index (χ1) is 8.83. The molecule has 2 heteroatoms. The van der Waals surface area contributed by atoms with E-state index in [1.54, 1.807) is 0 Å². The summed E-state index contributed by atoms with van der Waals surface area (Å²) in [7, 11) is 0. The van der Waals surface area contributed by atoms with Gasteiger partial charge in [-0.25, -0.2) is 0 Å². The largest absolute Gasteiger partial charge is 0.486 e. The molecule has 3 rings (SSSR count). The predicted octanol–water partition coefficient (Wildman–Crippen LogP) is 3.31. The lowest BCUT2D eigenvalue weighted by Gasteiger charge is -2.10. The number of ketones is 1. The summed E-state index contributed by atoms with van der Waals surface area (Å²) in [6.07, 6.45) is 8.13. The average molecular weight is 244 g/mol. The first kappa shape index (κ1) is 11.8. The second-order valence-corrected chi connectivity index (χ2v) is 5.52. The molecule has 18 heavy (non-hydrogen) atoms. The van der Waals surface area contributed by atoms with Crippen LogP contribution in [0, 0.1) is 5.92 Å². The van der Waals surface area contributed by atoms with Crippen LogP contribution in [0.4, 0.5) is 0 Å². The second kappa shape index (κ2) is 5.13. The number of rotatable bonds is 4. The third-order valence-corrected chi connectivity index (χ3v) is 4.26. The Hall–Kier alpha value is -1.31. The van der Waals surface area contributed by atoms with Crippen molar-refractivity contribution < 1.29 is 9.53 Å². The molecule has 0 saturated heterocycles. The van der Waals surface area contributed by atoms with Crippen LogP contribution >= 0.6 is 0 Å². The second-order valence-electron chi connectivity index (χ2n) is 5.52. The van der Waals surface area contributed by atoms with Gasteiger partial charge in [0, 0.05) is 5.92 Å². The van der Waals surface area contributed by atoms with Crippen LogP contribution in [0.5, 0.6) is 5.75 Å². The van der Waals surface area contributed by atoms with Crippen LogP contribution in [0.15, 0.2) is 18.2 Å². The van der Waals surface area contributed by atoms with Crippen molar-refractivity contribution in [2.45, 2.75) is 44.9 Å². The van der Waals surface area contributed by atoms with E-state index >= 15 is 0 Å². The summed E-state index contributed by atoms with van der Waals surface area (Å²) in [5.74, 6) is 1.41. The first-order valence-corrected chi connectivity index (χ1v) is 7.10. The van der Waals surface area contributed by atoms with Crippen LogP contribution < -0.4 is 4.74 Å². The molecule has 2 aliphatic carbocycles. The van der Waals surface area contributed by atoms with Crippen LogP contribution in [0.1, 0.15) is 43.2 Å². The summed E-state index contributed by atoms with van der Waals surface area (Å²) < 4.78 is 5.66. The molecule has 0 heterocycles. The van der Waals surface area contributed by atoms with Gasteiger partial charge in [0.25, 0.3) is 0 Å². The van der Waals surface area contributed by atoms with E-state index in [0.29, 0.717) is 0 Å². The number of carbonyl (C=O) groups excluding carboxylic acids is 1. The number of ether oxygens (including phenoxy) is 1. The highest BCUT2D eigenvalue weighted by Gasteiger charge is 2.22. The zero-order valence-electron chi connectivity index (χ0n) is 10.8. The summed E-state index contributed by atoms with van der Waals surface area (Å²) in [5.41, 5.74) is 2.85. The van der Waals surface area contributed by atoms with E-state index in [1.165, 1.54) is 36.8 Å². The molecular formula is C16H20O2. The molecule has 1 saturated carbocycles. The van der Waals surface area contributed by atoms with E-state index in [-0.39, 0.29) is 18.3 Å². The van der Waals surface area contributed by atoms with E-state index in [2.05, 4.69) is 12.1 Å². The molecule has 1 aromatic carbocycles. The van der Waals surface area contributed by atoms with Crippen molar-refractivity contribution in [3.8, 4) is 5.75 Å². The minimum absolute atomic E-state index is 0.253. The maximum atomic E-state index is 11.9. The van der Waals surface area contributed by atoms with Gasteiger partial charge in [0.15, 0.2) is 5.78 Å². The van der Waals surface area contributed by atoms with Crippen LogP contribution in [0.25, 0.3) is 0 Å². The molecule has 2 aliphatic rings. The molecule has 0 bridgehead atoms. The van der Waals surface area contributed by atoms with Crippen molar-refractivity contribution in [2.75, 3.05) is 6.61 Å². The van der Waals surface area contributed by atoms with Crippen LogP contribution in [-0.2, 0) is 17.6 Å². The standard InChI is InChI=1S/C16H20O2/c17-16(13-4-1-2-5-13)11-18-15-9-8-12-6-3-7-14(12)10-15/h8-10,13H,1-7,11H2. The van der Waals surface area contributed by atoms with Crippen molar-refractivity contribution in [3.63, 3.8) is 0 Å². The summed E-state index contributed by atoms with van der Waals surface area (Å²) in [4.78, 5) is 11.9. The summed E-state index contributed by atoms with van der Waals surface area (Å²) >= 11 is 0. The molecule has 2 nitrogen and oxygen atoms in total. The zero-order valence-corrected chi connectivity index (χ0v) is 10.8. The summed E-state index contributed by atoms with van der Waals surface area (Å²) in [6.45, 7) is 0.253. The van der Waals surface area contributed by atoms with E-state index in [0.717, 1.165) is 25.0 Å². The average Bonchev–Trinajstić information content (AvgIpc) is 3.05. The van der Waals surface area contributed by atoms with Gasteiger partial charge >= 0.3 is 0 Å². The van der Waals surface area contributed by atoms with Crippen LogP contribution in [0.3, 0.4) is 0 Å². The Morgan fingerprint density at radius 2 is 1.89 bits per heavy atom. The normalized spacial score (nSPS) is 18.9. The highest BCUT2D eigenvalue weighted by molar-refractivity contribution is 5.82. The molecular weight excluding hydrogens is 224 g/mol. The number of hydrogen-bond donors (Lipinski definition) is 0. The van der Waals surface area contributed by atoms with Gasteiger partial charge in [-0.2, -0.15) is 0 Å². The molecule has 0 aliphatic heterocycles. The first-order valence-electron chi connectivity index (χ1n) is 7.10. The maximum absolute atomic E-state index is 11.9. The summed E-state index contributed by atoms with van der Waals surface area (Å²) in [6, 6.07) is 6.27. The van der Waals surface area contributed by atoms with E-state index in [4.69, 9.17) is 4.74 Å². The fourth-order valence-electron chi connectivity index (χ4n) is 3.16. The molecule has 1 aromatic rings. The number of Topliss-reactive ketones (excluding diaryl/α,β-unsaturated/α-hetero) is 1. The Labute approximate surface area is 108 Å². The fraction of sp³-hybridized carbons (Fsp3) is 0.562. The highest BCUT2D eigenvalue weighted by Crippen LogP contribution is 2.27. The lowest BCUT2D eigenvalue weighted by molar-refractivity contribution is -0.124. The Morgan fingerprint density at radius 3 is 2.72 bits per heavy atom. The smallest absolute Gasteiger partial charge is 0.173 e. The molecule has 0 unspecified atom stereocenters. The van der Waals surface area contributed by atoms with Crippen molar-refractivity contribution in [3.05, 3.63) is 29.3 Å². The minimum Gasteiger partial charge on any atom is -0.486 e. The molecule has 0 aromatic heterocycles. The maximum Gasteiger partial charge on any atom is 0.173 e. The van der Waals surface area contributed by atoms with Crippen molar-refractivity contribution >= 4 is 5.78 Å². The number of benzene rings is 1.